The highest BCUT2D eigenvalue weighted by atomic mass is 32.2. The second-order valence-electron chi connectivity index (χ2n) is 6.59. The molecule has 2 aliphatic rings. The van der Waals surface area contributed by atoms with Crippen LogP contribution in [0.4, 0.5) is 11.4 Å². The minimum atomic E-state index is -3.87. The molecule has 4 N–H and O–H groups in total. The van der Waals surface area contributed by atoms with Crippen molar-refractivity contribution in [2.45, 2.75) is 18.3 Å². The summed E-state index contributed by atoms with van der Waals surface area (Å²) in [7, 11) is -3.87. The van der Waals surface area contributed by atoms with Crippen LogP contribution in [-0.2, 0) is 14.8 Å². The molecule has 9 nitrogen and oxygen atoms in total. The van der Waals surface area contributed by atoms with Crippen LogP contribution in [0.25, 0.3) is 0 Å². The number of anilines is 2. The van der Waals surface area contributed by atoms with Gasteiger partial charge in [0.1, 0.15) is 0 Å². The maximum atomic E-state index is 12.9. The zero-order valence-corrected chi connectivity index (χ0v) is 15.8. The highest BCUT2D eigenvalue weighted by Crippen LogP contribution is 2.34. The van der Waals surface area contributed by atoms with Gasteiger partial charge in [0.15, 0.2) is 16.9 Å². The Morgan fingerprint density at radius 2 is 1.79 bits per heavy atom. The summed E-state index contributed by atoms with van der Waals surface area (Å²) in [5.41, 5.74) is 6.49. The zero-order chi connectivity index (χ0) is 19.7. The third kappa shape index (κ3) is 3.61. The van der Waals surface area contributed by atoms with Crippen molar-refractivity contribution in [3.63, 3.8) is 0 Å². The van der Waals surface area contributed by atoms with Crippen molar-refractivity contribution in [3.8, 4) is 11.5 Å². The number of carbonyl (C=O) groups excluding carboxylic acids is 1. The van der Waals surface area contributed by atoms with Gasteiger partial charge in [-0.15, -0.1) is 0 Å². The lowest BCUT2D eigenvalue weighted by Gasteiger charge is -2.21. The van der Waals surface area contributed by atoms with E-state index < -0.39 is 33.3 Å². The molecule has 148 valence electrons. The summed E-state index contributed by atoms with van der Waals surface area (Å²) < 4.78 is 38.7. The minimum Gasteiger partial charge on any atom is -0.454 e. The first kappa shape index (κ1) is 18.5. The first-order chi connectivity index (χ1) is 13.4. The standard InChI is InChI=1S/C18H20N4O5S/c1-11-16(17(23)19-13-7-8-14-15(9-13)27-10-26-14)18(21-20-11)28(24,25)22-12-5-3-2-4-6-12/h2-9,11,16,18,20-22H,10H2,1H3,(H,19,23). The molecule has 10 heteroatoms. The summed E-state index contributed by atoms with van der Waals surface area (Å²) in [4.78, 5) is 12.9. The van der Waals surface area contributed by atoms with Gasteiger partial charge >= 0.3 is 0 Å². The van der Waals surface area contributed by atoms with E-state index in [2.05, 4.69) is 20.9 Å². The van der Waals surface area contributed by atoms with Gasteiger partial charge in [-0.3, -0.25) is 14.9 Å². The van der Waals surface area contributed by atoms with Crippen molar-refractivity contribution >= 4 is 27.3 Å². The third-order valence-corrected chi connectivity index (χ3v) is 6.23. The lowest BCUT2D eigenvalue weighted by atomic mass is 10.0. The number of nitrogens with one attached hydrogen (secondary N) is 4. The Balaban J connectivity index is 1.52. The van der Waals surface area contributed by atoms with Crippen molar-refractivity contribution in [3.05, 3.63) is 48.5 Å². The van der Waals surface area contributed by atoms with Crippen molar-refractivity contribution in [1.82, 2.24) is 10.9 Å². The monoisotopic (exact) mass is 404 g/mol. The molecule has 1 fully saturated rings. The van der Waals surface area contributed by atoms with Gasteiger partial charge < -0.3 is 14.8 Å². The van der Waals surface area contributed by atoms with Gasteiger partial charge in [0.25, 0.3) is 10.0 Å². The first-order valence-electron chi connectivity index (χ1n) is 8.72. The fourth-order valence-corrected chi connectivity index (χ4v) is 4.78. The quantitative estimate of drug-likeness (QED) is 0.592. The third-order valence-electron chi connectivity index (χ3n) is 4.63. The summed E-state index contributed by atoms with van der Waals surface area (Å²) in [6.45, 7) is 1.88. The number of sulfonamides is 1. The molecular formula is C18H20N4O5S. The molecule has 1 saturated heterocycles. The molecule has 0 aromatic heterocycles. The molecule has 2 aromatic carbocycles. The van der Waals surface area contributed by atoms with Gasteiger partial charge in [0.05, 0.1) is 5.92 Å². The Morgan fingerprint density at radius 3 is 2.57 bits per heavy atom. The second kappa shape index (κ2) is 7.30. The van der Waals surface area contributed by atoms with Crippen molar-refractivity contribution in [1.29, 1.82) is 0 Å². The Bertz CT molecular complexity index is 983. The van der Waals surface area contributed by atoms with E-state index in [-0.39, 0.29) is 6.79 Å². The smallest absolute Gasteiger partial charge is 0.250 e. The number of benzene rings is 2. The molecule has 2 aromatic rings. The molecule has 2 aliphatic heterocycles. The molecule has 3 atom stereocenters. The fraction of sp³-hybridized carbons (Fsp3) is 0.278. The van der Waals surface area contributed by atoms with E-state index in [1.54, 1.807) is 55.5 Å². The van der Waals surface area contributed by atoms with Crippen LogP contribution >= 0.6 is 0 Å². The van der Waals surface area contributed by atoms with Crippen LogP contribution in [0.15, 0.2) is 48.5 Å². The second-order valence-corrected chi connectivity index (χ2v) is 8.40. The van der Waals surface area contributed by atoms with Gasteiger partial charge in [-0.1, -0.05) is 18.2 Å². The Hall–Kier alpha value is -2.82. The number of hydrogen-bond donors (Lipinski definition) is 4. The maximum absolute atomic E-state index is 12.9. The average molecular weight is 404 g/mol. The van der Waals surface area contributed by atoms with Crippen LogP contribution in [0.2, 0.25) is 0 Å². The maximum Gasteiger partial charge on any atom is 0.250 e. The highest BCUT2D eigenvalue weighted by molar-refractivity contribution is 7.93. The average Bonchev–Trinajstić information content (AvgIpc) is 3.28. The molecular weight excluding hydrogens is 384 g/mol. The van der Waals surface area contributed by atoms with Crippen LogP contribution in [0.3, 0.4) is 0 Å². The molecule has 3 unspecified atom stereocenters. The van der Waals surface area contributed by atoms with E-state index in [1.807, 2.05) is 0 Å². The van der Waals surface area contributed by atoms with E-state index in [1.165, 1.54) is 0 Å². The summed E-state index contributed by atoms with van der Waals surface area (Å²) >= 11 is 0. The van der Waals surface area contributed by atoms with Crippen molar-refractivity contribution < 1.29 is 22.7 Å². The number of amides is 1. The highest BCUT2D eigenvalue weighted by Gasteiger charge is 2.46. The zero-order valence-electron chi connectivity index (χ0n) is 15.0. The van der Waals surface area contributed by atoms with E-state index in [0.29, 0.717) is 22.9 Å². The first-order valence-corrected chi connectivity index (χ1v) is 10.3. The molecule has 28 heavy (non-hydrogen) atoms. The summed E-state index contributed by atoms with van der Waals surface area (Å²) in [6, 6.07) is 13.1. The number of hydrazine groups is 1. The normalized spacial score (nSPS) is 23.4. The van der Waals surface area contributed by atoms with Gasteiger partial charge in [0.2, 0.25) is 12.7 Å². The van der Waals surface area contributed by atoms with Crippen LogP contribution < -0.4 is 30.4 Å². The largest absolute Gasteiger partial charge is 0.454 e. The van der Waals surface area contributed by atoms with Gasteiger partial charge in [0, 0.05) is 23.5 Å². The SMILES string of the molecule is CC1NNC(S(=O)(=O)Nc2ccccc2)C1C(=O)Nc1ccc2c(c1)OCO2. The number of ether oxygens (including phenoxy) is 2. The molecule has 4 rings (SSSR count). The Kier molecular flexibility index (Phi) is 4.84. The predicted molar refractivity (Wildman–Crippen MR) is 103 cm³/mol. The van der Waals surface area contributed by atoms with Crippen LogP contribution in [0, 0.1) is 5.92 Å². The van der Waals surface area contributed by atoms with Gasteiger partial charge in [-0.25, -0.2) is 13.8 Å². The lowest BCUT2D eigenvalue weighted by molar-refractivity contribution is -0.119. The molecule has 1 amide bonds. The molecule has 0 aliphatic carbocycles. The number of rotatable bonds is 5. The number of fused-ring (bicyclic) bond motifs is 1. The Morgan fingerprint density at radius 1 is 1.04 bits per heavy atom. The van der Waals surface area contributed by atoms with E-state index in [4.69, 9.17) is 9.47 Å². The predicted octanol–water partition coefficient (Wildman–Crippen LogP) is 1.23. The van der Waals surface area contributed by atoms with E-state index in [0.717, 1.165) is 0 Å². The summed E-state index contributed by atoms with van der Waals surface area (Å²) in [5, 5.41) is 1.62. The van der Waals surface area contributed by atoms with E-state index >= 15 is 0 Å². The molecule has 0 spiro atoms. The number of para-hydroxylation sites is 1. The number of hydrogen-bond acceptors (Lipinski definition) is 7. The molecule has 0 radical (unpaired) electrons. The fourth-order valence-electron chi connectivity index (χ4n) is 3.22. The Labute approximate surface area is 162 Å². The lowest BCUT2D eigenvalue weighted by Crippen LogP contribution is -2.45. The molecule has 2 heterocycles. The minimum absolute atomic E-state index is 0.131. The van der Waals surface area contributed by atoms with Crippen LogP contribution in [-0.4, -0.2) is 32.5 Å². The summed E-state index contributed by atoms with van der Waals surface area (Å²) in [5.74, 6) is -0.148. The van der Waals surface area contributed by atoms with Crippen molar-refractivity contribution in [2.24, 2.45) is 5.92 Å². The van der Waals surface area contributed by atoms with Crippen LogP contribution in [0.1, 0.15) is 6.92 Å². The topological polar surface area (TPSA) is 118 Å². The van der Waals surface area contributed by atoms with Gasteiger partial charge in [-0.2, -0.15) is 0 Å². The van der Waals surface area contributed by atoms with E-state index in [9.17, 15) is 13.2 Å². The molecule has 0 bridgehead atoms. The molecule has 0 saturated carbocycles. The summed E-state index contributed by atoms with van der Waals surface area (Å²) in [6.07, 6.45) is 0. The van der Waals surface area contributed by atoms with Crippen LogP contribution in [0.5, 0.6) is 11.5 Å². The number of carbonyl (C=O) groups is 1. The van der Waals surface area contributed by atoms with Gasteiger partial charge in [-0.05, 0) is 31.2 Å². The van der Waals surface area contributed by atoms with Crippen molar-refractivity contribution in [2.75, 3.05) is 16.8 Å².